The monoisotopic (exact) mass is 405 g/mol. The van der Waals surface area contributed by atoms with Gasteiger partial charge in [0.2, 0.25) is 0 Å². The molecule has 0 spiro atoms. The molecule has 5 heteroatoms. The van der Waals surface area contributed by atoms with Gasteiger partial charge in [0, 0.05) is 18.0 Å². The van der Waals surface area contributed by atoms with E-state index in [-0.39, 0.29) is 30.4 Å². The molecule has 1 heterocycles. The van der Waals surface area contributed by atoms with Crippen LogP contribution in [0.5, 0.6) is 11.5 Å². The summed E-state index contributed by atoms with van der Waals surface area (Å²) in [6.07, 6.45) is 2.47. The van der Waals surface area contributed by atoms with E-state index in [0.717, 1.165) is 24.3 Å². The molecule has 2 N–H and O–H groups in total. The Bertz CT molecular complexity index is 735. The molecular weight excluding hydrogens is 374 g/mol. The molecule has 0 aromatic heterocycles. The van der Waals surface area contributed by atoms with E-state index in [1.165, 1.54) is 11.1 Å². The van der Waals surface area contributed by atoms with E-state index in [1.807, 2.05) is 24.3 Å². The molecular formula is C23H32ClNO3. The highest BCUT2D eigenvalue weighted by Gasteiger charge is 2.45. The molecule has 1 saturated heterocycles. The van der Waals surface area contributed by atoms with Crippen molar-refractivity contribution in [1.29, 1.82) is 0 Å². The van der Waals surface area contributed by atoms with Crippen molar-refractivity contribution >= 4 is 12.4 Å². The summed E-state index contributed by atoms with van der Waals surface area (Å²) in [4.78, 5) is 0. The van der Waals surface area contributed by atoms with Crippen LogP contribution >= 0.6 is 12.4 Å². The van der Waals surface area contributed by atoms with Crippen LogP contribution in [0, 0.1) is 5.92 Å². The second-order valence-corrected chi connectivity index (χ2v) is 7.59. The molecule has 0 radical (unpaired) electrons. The minimum Gasteiger partial charge on any atom is -0.497 e. The molecule has 1 aliphatic heterocycles. The molecule has 0 amide bonds. The lowest BCUT2D eigenvalue weighted by Crippen LogP contribution is -2.52. The zero-order valence-electron chi connectivity index (χ0n) is 17.1. The average Bonchev–Trinajstić information content (AvgIpc) is 2.70. The third-order valence-corrected chi connectivity index (χ3v) is 5.96. The van der Waals surface area contributed by atoms with Crippen LogP contribution in [-0.4, -0.2) is 24.9 Å². The lowest BCUT2D eigenvalue weighted by Gasteiger charge is -2.48. The molecule has 4 atom stereocenters. The fourth-order valence-corrected chi connectivity index (χ4v) is 4.28. The molecule has 2 aromatic rings. The highest BCUT2D eigenvalue weighted by atomic mass is 35.5. The van der Waals surface area contributed by atoms with Crippen molar-refractivity contribution in [2.45, 2.75) is 50.8 Å². The molecule has 0 saturated carbocycles. The first-order valence-corrected chi connectivity index (χ1v) is 9.77. The Hall–Kier alpha value is -1.75. The summed E-state index contributed by atoms with van der Waals surface area (Å²) in [7, 11) is 3.35. The Kier molecular flexibility index (Phi) is 7.76. The van der Waals surface area contributed by atoms with E-state index >= 15 is 0 Å². The van der Waals surface area contributed by atoms with Gasteiger partial charge in [-0.05, 0) is 48.2 Å². The standard InChI is InChI=1S/C23H31NO3.ClH/c1-5-14-23(25)15-21(17-6-10-19(26-3)11-7-17)24-22(16(23)2)18-8-12-20(27-4)13-9-18;/h6-13,16,21-22,24-25H,5,14-15H2,1-4H3;1H. The summed E-state index contributed by atoms with van der Waals surface area (Å²) in [6, 6.07) is 16.5. The minimum atomic E-state index is -0.699. The van der Waals surface area contributed by atoms with Crippen LogP contribution in [0.15, 0.2) is 48.5 Å². The third-order valence-electron chi connectivity index (χ3n) is 5.96. The molecule has 3 rings (SSSR count). The van der Waals surface area contributed by atoms with Crippen LogP contribution in [0.25, 0.3) is 0 Å². The number of methoxy groups -OCH3 is 2. The van der Waals surface area contributed by atoms with Gasteiger partial charge in [0.1, 0.15) is 11.5 Å². The lowest BCUT2D eigenvalue weighted by molar-refractivity contribution is -0.0743. The molecule has 0 aliphatic carbocycles. The van der Waals surface area contributed by atoms with E-state index < -0.39 is 5.60 Å². The molecule has 1 aliphatic rings. The molecule has 2 aromatic carbocycles. The number of hydrogen-bond acceptors (Lipinski definition) is 4. The maximum atomic E-state index is 11.5. The zero-order chi connectivity index (χ0) is 19.4. The van der Waals surface area contributed by atoms with Gasteiger partial charge in [0.25, 0.3) is 0 Å². The zero-order valence-corrected chi connectivity index (χ0v) is 18.0. The number of nitrogens with one attached hydrogen (secondary N) is 1. The van der Waals surface area contributed by atoms with Crippen molar-refractivity contribution in [1.82, 2.24) is 5.32 Å². The molecule has 1 fully saturated rings. The van der Waals surface area contributed by atoms with Gasteiger partial charge < -0.3 is 19.9 Å². The number of ether oxygens (including phenoxy) is 2. The van der Waals surface area contributed by atoms with Gasteiger partial charge in [-0.2, -0.15) is 0 Å². The number of aliphatic hydroxyl groups is 1. The molecule has 0 bridgehead atoms. The van der Waals surface area contributed by atoms with Gasteiger partial charge in [0.15, 0.2) is 0 Å². The van der Waals surface area contributed by atoms with Crippen LogP contribution in [0.1, 0.15) is 56.3 Å². The van der Waals surface area contributed by atoms with Crippen molar-refractivity contribution in [3.8, 4) is 11.5 Å². The first kappa shape index (κ1) is 22.5. The van der Waals surface area contributed by atoms with Crippen LogP contribution in [0.2, 0.25) is 0 Å². The van der Waals surface area contributed by atoms with Crippen LogP contribution in [-0.2, 0) is 0 Å². The minimum absolute atomic E-state index is 0. The van der Waals surface area contributed by atoms with Gasteiger partial charge in [-0.1, -0.05) is 44.5 Å². The van der Waals surface area contributed by atoms with E-state index in [4.69, 9.17) is 9.47 Å². The molecule has 28 heavy (non-hydrogen) atoms. The summed E-state index contributed by atoms with van der Waals surface area (Å²) < 4.78 is 10.6. The summed E-state index contributed by atoms with van der Waals surface area (Å²) in [5, 5.41) is 15.3. The third kappa shape index (κ3) is 4.62. The number of rotatable bonds is 6. The van der Waals surface area contributed by atoms with Gasteiger partial charge >= 0.3 is 0 Å². The summed E-state index contributed by atoms with van der Waals surface area (Å²) in [6.45, 7) is 4.29. The summed E-state index contributed by atoms with van der Waals surface area (Å²) in [5.41, 5.74) is 1.65. The fraction of sp³-hybridized carbons (Fsp3) is 0.478. The Balaban J connectivity index is 0.00000280. The molecule has 154 valence electrons. The van der Waals surface area contributed by atoms with Gasteiger partial charge in [-0.3, -0.25) is 0 Å². The highest BCUT2D eigenvalue weighted by Crippen LogP contribution is 2.45. The Morgan fingerprint density at radius 1 is 0.964 bits per heavy atom. The largest absolute Gasteiger partial charge is 0.497 e. The van der Waals surface area contributed by atoms with E-state index in [9.17, 15) is 5.11 Å². The normalized spacial score (nSPS) is 27.0. The fourth-order valence-electron chi connectivity index (χ4n) is 4.28. The maximum Gasteiger partial charge on any atom is 0.118 e. The first-order chi connectivity index (χ1) is 13.0. The van der Waals surface area contributed by atoms with Crippen molar-refractivity contribution in [3.05, 3.63) is 59.7 Å². The van der Waals surface area contributed by atoms with Crippen LogP contribution in [0.4, 0.5) is 0 Å². The Morgan fingerprint density at radius 3 is 1.93 bits per heavy atom. The van der Waals surface area contributed by atoms with E-state index in [1.54, 1.807) is 14.2 Å². The molecule has 4 nitrogen and oxygen atoms in total. The first-order valence-electron chi connectivity index (χ1n) is 9.77. The highest BCUT2D eigenvalue weighted by molar-refractivity contribution is 5.85. The van der Waals surface area contributed by atoms with E-state index in [0.29, 0.717) is 6.42 Å². The van der Waals surface area contributed by atoms with E-state index in [2.05, 4.69) is 43.4 Å². The van der Waals surface area contributed by atoms with Crippen molar-refractivity contribution in [3.63, 3.8) is 0 Å². The van der Waals surface area contributed by atoms with Gasteiger partial charge in [-0.25, -0.2) is 0 Å². The number of halogens is 1. The maximum absolute atomic E-state index is 11.5. The summed E-state index contributed by atoms with van der Waals surface area (Å²) in [5.74, 6) is 1.80. The smallest absolute Gasteiger partial charge is 0.118 e. The predicted molar refractivity (Wildman–Crippen MR) is 115 cm³/mol. The second-order valence-electron chi connectivity index (χ2n) is 7.59. The topological polar surface area (TPSA) is 50.7 Å². The second kappa shape index (κ2) is 9.64. The number of piperidine rings is 1. The van der Waals surface area contributed by atoms with Crippen molar-refractivity contribution in [2.75, 3.05) is 14.2 Å². The van der Waals surface area contributed by atoms with Crippen LogP contribution < -0.4 is 14.8 Å². The average molecular weight is 406 g/mol. The number of hydrogen-bond donors (Lipinski definition) is 2. The predicted octanol–water partition coefficient (Wildman–Crippen LogP) is 5.07. The SMILES string of the molecule is CCCC1(O)CC(c2ccc(OC)cc2)NC(c2ccc(OC)cc2)C1C.Cl. The van der Waals surface area contributed by atoms with Gasteiger partial charge in [0.05, 0.1) is 19.8 Å². The summed E-state index contributed by atoms with van der Waals surface area (Å²) >= 11 is 0. The molecule has 4 unspecified atom stereocenters. The van der Waals surface area contributed by atoms with Crippen molar-refractivity contribution in [2.24, 2.45) is 5.92 Å². The Labute approximate surface area is 174 Å². The Morgan fingerprint density at radius 2 is 1.46 bits per heavy atom. The quantitative estimate of drug-likeness (QED) is 0.704. The lowest BCUT2D eigenvalue weighted by atomic mass is 9.70. The number of benzene rings is 2. The van der Waals surface area contributed by atoms with Crippen LogP contribution in [0.3, 0.4) is 0 Å². The van der Waals surface area contributed by atoms with Gasteiger partial charge in [-0.15, -0.1) is 12.4 Å². The van der Waals surface area contributed by atoms with Crippen molar-refractivity contribution < 1.29 is 14.6 Å².